The first-order chi connectivity index (χ1) is 10.8. The van der Waals surface area contributed by atoms with E-state index >= 15 is 0 Å². The number of carbonyl (C=O) groups excluding carboxylic acids is 1. The number of nitrogens with one attached hydrogen (secondary N) is 1. The summed E-state index contributed by atoms with van der Waals surface area (Å²) >= 11 is 0. The highest BCUT2D eigenvalue weighted by molar-refractivity contribution is 5.69. The molecular weight excluding hydrogens is 288 g/mol. The van der Waals surface area contributed by atoms with Crippen LogP contribution < -0.4 is 5.32 Å². The van der Waals surface area contributed by atoms with Crippen LogP contribution in [0.1, 0.15) is 72.6 Å². The Morgan fingerprint density at radius 1 is 1.13 bits per heavy atom. The van der Waals surface area contributed by atoms with Crippen molar-refractivity contribution < 1.29 is 9.53 Å². The number of amides is 1. The molecule has 2 rings (SSSR count). The van der Waals surface area contributed by atoms with Gasteiger partial charge in [-0.3, -0.25) is 0 Å². The van der Waals surface area contributed by atoms with Crippen LogP contribution in [0.5, 0.6) is 0 Å². The molecule has 0 aromatic heterocycles. The fourth-order valence-electron chi connectivity index (χ4n) is 3.34. The third-order valence-corrected chi connectivity index (χ3v) is 4.94. The molecule has 1 N–H and O–H groups in total. The summed E-state index contributed by atoms with van der Waals surface area (Å²) in [6.45, 7) is 11.1. The van der Waals surface area contributed by atoms with E-state index in [-0.39, 0.29) is 6.09 Å². The Hall–Kier alpha value is -0.770. The molecule has 0 aromatic rings. The zero-order chi connectivity index (χ0) is 16.9. The van der Waals surface area contributed by atoms with E-state index in [9.17, 15) is 4.79 Å². The van der Waals surface area contributed by atoms with Gasteiger partial charge in [0.15, 0.2) is 0 Å². The van der Waals surface area contributed by atoms with Crippen molar-refractivity contribution in [2.24, 2.45) is 11.8 Å². The van der Waals surface area contributed by atoms with Crippen LogP contribution in [-0.4, -0.2) is 42.3 Å². The van der Waals surface area contributed by atoms with Crippen LogP contribution in [0.15, 0.2) is 0 Å². The number of carbonyl (C=O) groups is 1. The molecular formula is C19H36N2O2. The maximum Gasteiger partial charge on any atom is 0.410 e. The first-order valence-electron chi connectivity index (χ1n) is 9.55. The second-order valence-electron chi connectivity index (χ2n) is 8.59. The Bertz CT molecular complexity index is 366. The van der Waals surface area contributed by atoms with E-state index in [4.69, 9.17) is 4.74 Å². The molecule has 4 nitrogen and oxygen atoms in total. The van der Waals surface area contributed by atoms with Gasteiger partial charge in [-0.1, -0.05) is 19.8 Å². The normalized spacial score (nSPS) is 25.2. The van der Waals surface area contributed by atoms with E-state index in [0.717, 1.165) is 50.7 Å². The van der Waals surface area contributed by atoms with Crippen molar-refractivity contribution in [3.8, 4) is 0 Å². The van der Waals surface area contributed by atoms with E-state index in [1.165, 1.54) is 25.7 Å². The third kappa shape index (κ3) is 7.11. The number of hydrogen-bond acceptors (Lipinski definition) is 3. The Labute approximate surface area is 142 Å². The van der Waals surface area contributed by atoms with Gasteiger partial charge in [-0.2, -0.15) is 0 Å². The molecule has 2 fully saturated rings. The summed E-state index contributed by atoms with van der Waals surface area (Å²) in [7, 11) is 0. The number of rotatable bonds is 7. The second kappa shape index (κ2) is 8.36. The maximum atomic E-state index is 12.3. The standard InChI is InChI=1S/C19H36N2O2/c1-15-6-8-16(9-7-15)14-20-12-5-13-21(17-10-11-17)18(22)23-19(2,3)4/h15-17,20H,5-14H2,1-4H3. The summed E-state index contributed by atoms with van der Waals surface area (Å²) in [5.41, 5.74) is -0.402. The summed E-state index contributed by atoms with van der Waals surface area (Å²) in [6.07, 6.45) is 8.67. The minimum atomic E-state index is -0.402. The zero-order valence-corrected chi connectivity index (χ0v) is 15.6. The molecule has 134 valence electrons. The van der Waals surface area contributed by atoms with E-state index in [0.29, 0.717) is 6.04 Å². The van der Waals surface area contributed by atoms with Gasteiger partial charge in [0.05, 0.1) is 0 Å². The molecule has 0 heterocycles. The van der Waals surface area contributed by atoms with Gasteiger partial charge in [0.2, 0.25) is 0 Å². The molecule has 2 saturated carbocycles. The van der Waals surface area contributed by atoms with Gasteiger partial charge in [-0.25, -0.2) is 4.79 Å². The summed E-state index contributed by atoms with van der Waals surface area (Å²) in [6, 6.07) is 0.421. The van der Waals surface area contributed by atoms with Gasteiger partial charge in [-0.15, -0.1) is 0 Å². The molecule has 1 amide bonds. The fourth-order valence-corrected chi connectivity index (χ4v) is 3.34. The Kier molecular flexibility index (Phi) is 6.75. The van der Waals surface area contributed by atoms with E-state index in [1.807, 2.05) is 25.7 Å². The van der Waals surface area contributed by atoms with Gasteiger partial charge in [0.25, 0.3) is 0 Å². The quantitative estimate of drug-likeness (QED) is 0.714. The molecule has 2 aliphatic rings. The van der Waals surface area contributed by atoms with Gasteiger partial charge in [0, 0.05) is 12.6 Å². The molecule has 0 saturated heterocycles. The molecule has 4 heteroatoms. The van der Waals surface area contributed by atoms with Crippen molar-refractivity contribution in [1.29, 1.82) is 0 Å². The van der Waals surface area contributed by atoms with Crippen LogP contribution in [0.25, 0.3) is 0 Å². The highest BCUT2D eigenvalue weighted by atomic mass is 16.6. The highest BCUT2D eigenvalue weighted by Crippen LogP contribution is 2.29. The molecule has 2 aliphatic carbocycles. The van der Waals surface area contributed by atoms with Crippen molar-refractivity contribution in [2.75, 3.05) is 19.6 Å². The van der Waals surface area contributed by atoms with Crippen LogP contribution in [0.3, 0.4) is 0 Å². The lowest BCUT2D eigenvalue weighted by Crippen LogP contribution is -2.39. The molecule has 0 radical (unpaired) electrons. The first-order valence-corrected chi connectivity index (χ1v) is 9.55. The van der Waals surface area contributed by atoms with Crippen molar-refractivity contribution in [2.45, 2.75) is 84.3 Å². The fraction of sp³-hybridized carbons (Fsp3) is 0.947. The minimum Gasteiger partial charge on any atom is -0.444 e. The molecule has 0 aromatic carbocycles. The predicted molar refractivity (Wildman–Crippen MR) is 94.6 cm³/mol. The van der Waals surface area contributed by atoms with Crippen molar-refractivity contribution in [3.63, 3.8) is 0 Å². The Balaban J connectivity index is 1.60. The van der Waals surface area contributed by atoms with Crippen LogP contribution in [-0.2, 0) is 4.74 Å². The molecule has 23 heavy (non-hydrogen) atoms. The Morgan fingerprint density at radius 3 is 2.35 bits per heavy atom. The summed E-state index contributed by atoms with van der Waals surface area (Å²) in [5.74, 6) is 1.78. The van der Waals surface area contributed by atoms with Crippen LogP contribution in [0.2, 0.25) is 0 Å². The SMILES string of the molecule is CC1CCC(CNCCCN(C(=O)OC(C)(C)C)C2CC2)CC1. The lowest BCUT2D eigenvalue weighted by Gasteiger charge is -2.28. The summed E-state index contributed by atoms with van der Waals surface area (Å²) in [5, 5.41) is 3.59. The molecule has 0 spiro atoms. The summed E-state index contributed by atoms with van der Waals surface area (Å²) < 4.78 is 5.53. The Morgan fingerprint density at radius 2 is 1.78 bits per heavy atom. The lowest BCUT2D eigenvalue weighted by molar-refractivity contribution is 0.0232. The highest BCUT2D eigenvalue weighted by Gasteiger charge is 2.34. The number of nitrogens with zero attached hydrogens (tertiary/aromatic N) is 1. The third-order valence-electron chi connectivity index (χ3n) is 4.94. The lowest BCUT2D eigenvalue weighted by atomic mass is 9.83. The topological polar surface area (TPSA) is 41.6 Å². The number of hydrogen-bond donors (Lipinski definition) is 1. The molecule has 0 atom stereocenters. The molecule has 0 bridgehead atoms. The first kappa shape index (κ1) is 18.6. The molecule has 0 unspecified atom stereocenters. The monoisotopic (exact) mass is 324 g/mol. The van der Waals surface area contributed by atoms with Crippen molar-refractivity contribution >= 4 is 6.09 Å². The smallest absolute Gasteiger partial charge is 0.410 e. The van der Waals surface area contributed by atoms with E-state index in [1.54, 1.807) is 0 Å². The van der Waals surface area contributed by atoms with E-state index in [2.05, 4.69) is 12.2 Å². The van der Waals surface area contributed by atoms with Crippen LogP contribution in [0, 0.1) is 11.8 Å². The van der Waals surface area contributed by atoms with E-state index < -0.39 is 5.60 Å². The number of ether oxygens (including phenoxy) is 1. The average molecular weight is 325 g/mol. The van der Waals surface area contributed by atoms with Crippen LogP contribution >= 0.6 is 0 Å². The van der Waals surface area contributed by atoms with Crippen molar-refractivity contribution in [1.82, 2.24) is 10.2 Å². The largest absolute Gasteiger partial charge is 0.444 e. The maximum absolute atomic E-state index is 12.3. The van der Waals surface area contributed by atoms with Gasteiger partial charge in [-0.05, 0) is 77.8 Å². The van der Waals surface area contributed by atoms with Gasteiger partial charge in [0.1, 0.15) is 5.60 Å². The zero-order valence-electron chi connectivity index (χ0n) is 15.6. The predicted octanol–water partition coefficient (Wildman–Crippen LogP) is 4.19. The van der Waals surface area contributed by atoms with Crippen LogP contribution in [0.4, 0.5) is 4.79 Å². The van der Waals surface area contributed by atoms with Gasteiger partial charge >= 0.3 is 6.09 Å². The second-order valence-corrected chi connectivity index (χ2v) is 8.59. The van der Waals surface area contributed by atoms with Crippen molar-refractivity contribution in [3.05, 3.63) is 0 Å². The minimum absolute atomic E-state index is 0.138. The van der Waals surface area contributed by atoms with Gasteiger partial charge < -0.3 is 15.0 Å². The summed E-state index contributed by atoms with van der Waals surface area (Å²) in [4.78, 5) is 14.2. The average Bonchev–Trinajstić information content (AvgIpc) is 3.27. The molecule has 0 aliphatic heterocycles.